The van der Waals surface area contributed by atoms with E-state index in [1.807, 2.05) is 36.4 Å². The van der Waals surface area contributed by atoms with Gasteiger partial charge in [0.25, 0.3) is 0 Å². The van der Waals surface area contributed by atoms with Crippen molar-refractivity contribution in [2.75, 3.05) is 12.3 Å². The predicted molar refractivity (Wildman–Crippen MR) is 103 cm³/mol. The first kappa shape index (κ1) is 17.8. The van der Waals surface area contributed by atoms with Crippen LogP contribution < -0.4 is 5.32 Å². The number of aryl methyl sites for hydroxylation is 2. The smallest absolute Gasteiger partial charge is 0.0431 e. The van der Waals surface area contributed by atoms with Crippen molar-refractivity contribution < 1.29 is 0 Å². The van der Waals surface area contributed by atoms with Gasteiger partial charge in [-0.1, -0.05) is 66.2 Å². The molecule has 0 amide bonds. The lowest BCUT2D eigenvalue weighted by Gasteiger charge is -2.02. The summed E-state index contributed by atoms with van der Waals surface area (Å²) in [6.07, 6.45) is 5.68. The number of rotatable bonds is 5. The Balaban J connectivity index is 0.000000268. The minimum absolute atomic E-state index is 0.516. The van der Waals surface area contributed by atoms with Gasteiger partial charge in [0.2, 0.25) is 0 Å². The van der Waals surface area contributed by atoms with Crippen LogP contribution in [0, 0.1) is 6.92 Å². The molecule has 0 radical (unpaired) electrons. The molecule has 1 unspecified atom stereocenters. The molecule has 1 N–H and O–H groups in total. The average Bonchev–Trinajstić information content (AvgIpc) is 3.12. The molecular formula is C20H26N2S. The number of hydrogen-bond donors (Lipinski definition) is 1. The van der Waals surface area contributed by atoms with Gasteiger partial charge in [-0.3, -0.25) is 0 Å². The minimum atomic E-state index is 0.516. The summed E-state index contributed by atoms with van der Waals surface area (Å²) in [7, 11) is 0. The molecule has 122 valence electrons. The van der Waals surface area contributed by atoms with Crippen molar-refractivity contribution >= 4 is 18.2 Å². The summed E-state index contributed by atoms with van der Waals surface area (Å²) in [5, 5.41) is 3.41. The first-order valence-corrected chi connectivity index (χ1v) is 9.23. The molecule has 3 heteroatoms. The van der Waals surface area contributed by atoms with E-state index in [-0.39, 0.29) is 0 Å². The summed E-state index contributed by atoms with van der Waals surface area (Å²) in [4.78, 5) is 0. The highest BCUT2D eigenvalue weighted by molar-refractivity contribution is 7.98. The van der Waals surface area contributed by atoms with E-state index in [0.29, 0.717) is 6.04 Å². The van der Waals surface area contributed by atoms with E-state index in [0.717, 1.165) is 18.7 Å². The van der Waals surface area contributed by atoms with Crippen LogP contribution in [0.1, 0.15) is 24.0 Å². The molecule has 0 aliphatic carbocycles. The third-order valence-electron chi connectivity index (χ3n) is 3.68. The topological polar surface area (TPSA) is 24.4 Å². The quantitative estimate of drug-likeness (QED) is 0.489. The Morgan fingerprint density at radius 2 is 1.74 bits per heavy atom. The summed E-state index contributed by atoms with van der Waals surface area (Å²) >= 11 is 1.67. The first-order chi connectivity index (χ1) is 11.3. The summed E-state index contributed by atoms with van der Waals surface area (Å²) < 4.78 is 4.42. The zero-order valence-electron chi connectivity index (χ0n) is 13.8. The highest BCUT2D eigenvalue weighted by atomic mass is 32.2. The third-order valence-corrected chi connectivity index (χ3v) is 4.34. The molecule has 2 aromatic carbocycles. The van der Waals surface area contributed by atoms with Crippen molar-refractivity contribution in [2.45, 2.75) is 32.2 Å². The van der Waals surface area contributed by atoms with Crippen LogP contribution in [-0.2, 0) is 6.42 Å². The summed E-state index contributed by atoms with van der Waals surface area (Å²) in [5.74, 6) is 1.06. The van der Waals surface area contributed by atoms with E-state index in [1.54, 1.807) is 11.9 Å². The lowest BCUT2D eigenvalue weighted by atomic mass is 10.1. The standard InChI is InChI=1S/C14H20N2S.C6H6/c1-12-4-6-13(7-5-12)8-10-17-16-11-14-3-2-9-15-14;1-2-4-6-5-3-1/h4-7,11,14-15H,2-3,8-10H2,1H3;1-6H/b16-11+;. The monoisotopic (exact) mass is 326 g/mol. The van der Waals surface area contributed by atoms with Gasteiger partial charge >= 0.3 is 0 Å². The Hall–Kier alpha value is -1.58. The largest absolute Gasteiger partial charge is 0.309 e. The van der Waals surface area contributed by atoms with Gasteiger partial charge in [-0.2, -0.15) is 0 Å². The van der Waals surface area contributed by atoms with E-state index in [9.17, 15) is 0 Å². The number of nitrogens with zero attached hydrogens (tertiary/aromatic N) is 1. The molecule has 1 heterocycles. The van der Waals surface area contributed by atoms with E-state index in [1.165, 1.54) is 24.0 Å². The minimum Gasteiger partial charge on any atom is -0.309 e. The molecule has 1 saturated heterocycles. The Morgan fingerprint density at radius 3 is 2.30 bits per heavy atom. The second-order valence-electron chi connectivity index (χ2n) is 5.68. The highest BCUT2D eigenvalue weighted by Crippen LogP contribution is 2.10. The van der Waals surface area contributed by atoms with Crippen LogP contribution in [-0.4, -0.2) is 24.6 Å². The van der Waals surface area contributed by atoms with Crippen molar-refractivity contribution in [1.29, 1.82) is 0 Å². The van der Waals surface area contributed by atoms with Crippen LogP contribution in [0.25, 0.3) is 0 Å². The molecule has 1 atom stereocenters. The zero-order valence-corrected chi connectivity index (χ0v) is 14.6. The SMILES string of the molecule is Cc1ccc(CCS/N=C/C2CCCN2)cc1.c1ccccc1. The number of benzene rings is 2. The average molecular weight is 327 g/mol. The van der Waals surface area contributed by atoms with Gasteiger partial charge in [0.15, 0.2) is 0 Å². The summed E-state index contributed by atoms with van der Waals surface area (Å²) in [6, 6.07) is 21.3. The third kappa shape index (κ3) is 8.00. The van der Waals surface area contributed by atoms with Crippen LogP contribution in [0.2, 0.25) is 0 Å². The lowest BCUT2D eigenvalue weighted by Crippen LogP contribution is -2.22. The van der Waals surface area contributed by atoms with Gasteiger partial charge < -0.3 is 5.32 Å². The normalized spacial score (nSPS) is 17.0. The lowest BCUT2D eigenvalue weighted by molar-refractivity contribution is 0.776. The Kier molecular flexibility index (Phi) is 8.52. The second-order valence-corrected chi connectivity index (χ2v) is 6.56. The van der Waals surface area contributed by atoms with Crippen molar-refractivity contribution in [3.63, 3.8) is 0 Å². The Morgan fingerprint density at radius 1 is 1.09 bits per heavy atom. The maximum absolute atomic E-state index is 4.42. The number of hydrogen-bond acceptors (Lipinski definition) is 3. The van der Waals surface area contributed by atoms with Gasteiger partial charge in [0, 0.05) is 18.0 Å². The molecule has 1 fully saturated rings. The Bertz CT molecular complexity index is 519. The molecule has 0 saturated carbocycles. The fourth-order valence-corrected chi connectivity index (χ4v) is 2.98. The van der Waals surface area contributed by atoms with Gasteiger partial charge in [-0.25, -0.2) is 4.40 Å². The van der Waals surface area contributed by atoms with E-state index in [4.69, 9.17) is 0 Å². The van der Waals surface area contributed by atoms with Crippen molar-refractivity contribution in [1.82, 2.24) is 5.32 Å². The molecular weight excluding hydrogens is 300 g/mol. The van der Waals surface area contributed by atoms with Crippen molar-refractivity contribution in [3.8, 4) is 0 Å². The van der Waals surface area contributed by atoms with E-state index < -0.39 is 0 Å². The highest BCUT2D eigenvalue weighted by Gasteiger charge is 2.10. The van der Waals surface area contributed by atoms with Crippen LogP contribution >= 0.6 is 11.9 Å². The molecule has 1 aliphatic heterocycles. The molecule has 0 bridgehead atoms. The van der Waals surface area contributed by atoms with Crippen molar-refractivity contribution in [2.24, 2.45) is 4.40 Å². The zero-order chi connectivity index (χ0) is 16.2. The van der Waals surface area contributed by atoms with Crippen LogP contribution in [0.3, 0.4) is 0 Å². The van der Waals surface area contributed by atoms with Gasteiger partial charge in [-0.05, 0) is 50.2 Å². The van der Waals surface area contributed by atoms with Crippen LogP contribution in [0.4, 0.5) is 0 Å². The molecule has 0 aromatic heterocycles. The molecule has 0 spiro atoms. The molecule has 1 aliphatic rings. The maximum Gasteiger partial charge on any atom is 0.0431 e. The van der Waals surface area contributed by atoms with Crippen LogP contribution in [0.15, 0.2) is 65.1 Å². The molecule has 23 heavy (non-hydrogen) atoms. The van der Waals surface area contributed by atoms with Crippen molar-refractivity contribution in [3.05, 3.63) is 71.8 Å². The molecule has 2 nitrogen and oxygen atoms in total. The molecule has 3 rings (SSSR count). The van der Waals surface area contributed by atoms with Crippen LogP contribution in [0.5, 0.6) is 0 Å². The number of nitrogens with one attached hydrogen (secondary N) is 1. The van der Waals surface area contributed by atoms with Gasteiger partial charge in [-0.15, -0.1) is 0 Å². The summed E-state index contributed by atoms with van der Waals surface area (Å²) in [6.45, 7) is 3.27. The predicted octanol–water partition coefficient (Wildman–Crippen LogP) is 4.70. The fraction of sp³-hybridized carbons (Fsp3) is 0.350. The first-order valence-electron chi connectivity index (χ1n) is 8.29. The van der Waals surface area contributed by atoms with Gasteiger partial charge in [0.05, 0.1) is 0 Å². The fourth-order valence-electron chi connectivity index (χ4n) is 2.31. The second kappa shape index (κ2) is 11.0. The van der Waals surface area contributed by atoms with Gasteiger partial charge in [0.1, 0.15) is 0 Å². The summed E-state index contributed by atoms with van der Waals surface area (Å²) in [5.41, 5.74) is 2.73. The molecule has 2 aromatic rings. The van der Waals surface area contributed by atoms with E-state index >= 15 is 0 Å². The maximum atomic E-state index is 4.42. The Labute approximate surface area is 144 Å². The van der Waals surface area contributed by atoms with E-state index in [2.05, 4.69) is 47.1 Å².